The largest absolute Gasteiger partial charge is 0.286 e. The number of nitrogens with one attached hydrogen (secondary N) is 1. The highest BCUT2D eigenvalue weighted by Gasteiger charge is 2.13. The minimum Gasteiger partial charge on any atom is -0.286 e. The number of nitrogens with zero attached hydrogens (tertiary/aromatic N) is 2. The van der Waals surface area contributed by atoms with E-state index in [1.807, 2.05) is 0 Å². The fourth-order valence-electron chi connectivity index (χ4n) is 1.54. The molecule has 0 bridgehead atoms. The van der Waals surface area contributed by atoms with Crippen LogP contribution in [-0.4, -0.2) is 11.5 Å². The number of rotatable bonds is 4. The van der Waals surface area contributed by atoms with Gasteiger partial charge in [-0.2, -0.15) is 10.4 Å². The van der Waals surface area contributed by atoms with Crippen LogP contribution in [0, 0.1) is 11.3 Å². The number of halogens is 2. The SMILES string of the molecule is N#C/C(=N/Nc1cccc(Cl)c1)C(=O)c1ccc(Br)cc1. The summed E-state index contributed by atoms with van der Waals surface area (Å²) in [5.74, 6) is -0.445. The van der Waals surface area contributed by atoms with Gasteiger partial charge in [0.25, 0.3) is 0 Å². The Balaban J connectivity index is 2.19. The number of carbonyl (C=O) groups is 1. The number of anilines is 1. The lowest BCUT2D eigenvalue weighted by atomic mass is 10.1. The quantitative estimate of drug-likeness (QED) is 0.501. The van der Waals surface area contributed by atoms with Gasteiger partial charge in [0.2, 0.25) is 11.5 Å². The predicted molar refractivity (Wildman–Crippen MR) is 86.6 cm³/mol. The topological polar surface area (TPSA) is 65.2 Å². The van der Waals surface area contributed by atoms with Crippen molar-refractivity contribution in [2.45, 2.75) is 0 Å². The summed E-state index contributed by atoms with van der Waals surface area (Å²) in [6.45, 7) is 0. The lowest BCUT2D eigenvalue weighted by molar-refractivity contribution is 0.106. The van der Waals surface area contributed by atoms with Gasteiger partial charge in [0.15, 0.2) is 0 Å². The molecule has 0 atom stereocenters. The van der Waals surface area contributed by atoms with E-state index in [0.717, 1.165) is 4.47 Å². The molecule has 0 spiro atoms. The van der Waals surface area contributed by atoms with Gasteiger partial charge in [0, 0.05) is 15.1 Å². The van der Waals surface area contributed by atoms with Crippen LogP contribution in [0.1, 0.15) is 10.4 Å². The summed E-state index contributed by atoms with van der Waals surface area (Å²) < 4.78 is 0.853. The van der Waals surface area contributed by atoms with Crippen LogP contribution in [0.3, 0.4) is 0 Å². The van der Waals surface area contributed by atoms with Crippen LogP contribution in [0.25, 0.3) is 0 Å². The monoisotopic (exact) mass is 361 g/mol. The average Bonchev–Trinajstić information content (AvgIpc) is 2.48. The molecule has 0 radical (unpaired) electrons. The van der Waals surface area contributed by atoms with Gasteiger partial charge >= 0.3 is 0 Å². The minimum absolute atomic E-state index is 0.225. The first-order valence-electron chi connectivity index (χ1n) is 5.90. The molecule has 0 fully saturated rings. The number of ketones is 1. The van der Waals surface area contributed by atoms with E-state index < -0.39 is 5.78 Å². The molecule has 0 saturated carbocycles. The highest BCUT2D eigenvalue weighted by atomic mass is 79.9. The molecule has 1 N–H and O–H groups in total. The van der Waals surface area contributed by atoms with Crippen molar-refractivity contribution in [3.63, 3.8) is 0 Å². The number of benzene rings is 2. The van der Waals surface area contributed by atoms with Crippen LogP contribution in [-0.2, 0) is 0 Å². The number of hydrazone groups is 1. The van der Waals surface area contributed by atoms with Crippen molar-refractivity contribution < 1.29 is 4.79 Å². The van der Waals surface area contributed by atoms with Crippen LogP contribution in [0.2, 0.25) is 5.02 Å². The van der Waals surface area contributed by atoms with Crippen LogP contribution in [0.5, 0.6) is 0 Å². The average molecular weight is 363 g/mol. The highest BCUT2D eigenvalue weighted by molar-refractivity contribution is 9.10. The molecular weight excluding hydrogens is 354 g/mol. The smallest absolute Gasteiger partial charge is 0.223 e. The molecule has 0 amide bonds. The summed E-state index contributed by atoms with van der Waals surface area (Å²) in [6.07, 6.45) is 0. The summed E-state index contributed by atoms with van der Waals surface area (Å²) >= 11 is 9.13. The third-order valence-corrected chi connectivity index (χ3v) is 3.31. The van der Waals surface area contributed by atoms with Gasteiger partial charge in [-0.1, -0.05) is 33.6 Å². The lowest BCUT2D eigenvalue weighted by Crippen LogP contribution is -2.14. The predicted octanol–water partition coefficient (Wildman–Crippen LogP) is 4.28. The first-order valence-corrected chi connectivity index (χ1v) is 7.07. The second-order valence-corrected chi connectivity index (χ2v) is 5.38. The van der Waals surface area contributed by atoms with Gasteiger partial charge in [-0.3, -0.25) is 10.2 Å². The standard InChI is InChI=1S/C15H9BrClN3O/c16-11-6-4-10(5-7-11)15(21)14(9-18)20-19-13-3-1-2-12(17)8-13/h1-8,19H/b20-14-. The maximum Gasteiger partial charge on any atom is 0.223 e. The second kappa shape index (κ2) is 7.02. The molecule has 0 aromatic heterocycles. The van der Waals surface area contributed by atoms with Gasteiger partial charge in [0.1, 0.15) is 6.07 Å². The Morgan fingerprint density at radius 3 is 2.57 bits per heavy atom. The maximum atomic E-state index is 12.1. The molecule has 4 nitrogen and oxygen atoms in total. The number of Topliss-reactive ketones (excluding diaryl/α,β-unsaturated/α-hetero) is 1. The van der Waals surface area contributed by atoms with Crippen molar-refractivity contribution in [2.24, 2.45) is 5.10 Å². The first-order chi connectivity index (χ1) is 10.1. The number of carbonyl (C=O) groups excluding carboxylic acids is 1. The van der Waals surface area contributed by atoms with Crippen molar-refractivity contribution in [2.75, 3.05) is 5.43 Å². The zero-order chi connectivity index (χ0) is 15.2. The van der Waals surface area contributed by atoms with E-state index in [2.05, 4.69) is 26.5 Å². The summed E-state index contributed by atoms with van der Waals surface area (Å²) in [7, 11) is 0. The van der Waals surface area contributed by atoms with E-state index >= 15 is 0 Å². The van der Waals surface area contributed by atoms with Crippen molar-refractivity contribution in [1.82, 2.24) is 0 Å². The summed E-state index contributed by atoms with van der Waals surface area (Å²) in [6, 6.07) is 15.3. The molecular formula is C15H9BrClN3O. The molecule has 2 aromatic rings. The van der Waals surface area contributed by atoms with Gasteiger partial charge in [-0.25, -0.2) is 0 Å². The molecule has 2 aromatic carbocycles. The van der Waals surface area contributed by atoms with Crippen molar-refractivity contribution in [3.05, 3.63) is 63.6 Å². The van der Waals surface area contributed by atoms with E-state index in [4.69, 9.17) is 16.9 Å². The van der Waals surface area contributed by atoms with Gasteiger partial charge in [-0.15, -0.1) is 0 Å². The van der Waals surface area contributed by atoms with Crippen LogP contribution in [0.4, 0.5) is 5.69 Å². The third-order valence-electron chi connectivity index (χ3n) is 2.55. The van der Waals surface area contributed by atoms with E-state index in [9.17, 15) is 4.79 Å². The Kier molecular flexibility index (Phi) is 5.09. The Hall–Kier alpha value is -2.16. The summed E-state index contributed by atoms with van der Waals surface area (Å²) in [4.78, 5) is 12.1. The molecule has 21 heavy (non-hydrogen) atoms. The molecule has 0 aliphatic carbocycles. The summed E-state index contributed by atoms with van der Waals surface area (Å²) in [5, 5.41) is 13.4. The second-order valence-electron chi connectivity index (χ2n) is 4.03. The van der Waals surface area contributed by atoms with E-state index in [1.54, 1.807) is 54.6 Å². The highest BCUT2D eigenvalue weighted by Crippen LogP contribution is 2.15. The van der Waals surface area contributed by atoms with Gasteiger partial charge in [0.05, 0.1) is 5.69 Å². The Morgan fingerprint density at radius 1 is 1.24 bits per heavy atom. The maximum absolute atomic E-state index is 12.1. The zero-order valence-electron chi connectivity index (χ0n) is 10.7. The molecule has 6 heteroatoms. The zero-order valence-corrected chi connectivity index (χ0v) is 13.0. The van der Waals surface area contributed by atoms with Crippen LogP contribution in [0.15, 0.2) is 58.1 Å². The number of nitriles is 1. The molecule has 0 unspecified atom stereocenters. The fraction of sp³-hybridized carbons (Fsp3) is 0. The Labute approximate surface area is 135 Å². The molecule has 104 valence electrons. The minimum atomic E-state index is -0.445. The van der Waals surface area contributed by atoms with E-state index in [1.165, 1.54) is 0 Å². The van der Waals surface area contributed by atoms with E-state index in [0.29, 0.717) is 16.3 Å². The Bertz CT molecular complexity index is 735. The van der Waals surface area contributed by atoms with Crippen LogP contribution >= 0.6 is 27.5 Å². The number of hydrogen-bond donors (Lipinski definition) is 1. The molecule has 0 aliphatic heterocycles. The van der Waals surface area contributed by atoms with E-state index in [-0.39, 0.29) is 5.71 Å². The molecule has 2 rings (SSSR count). The van der Waals surface area contributed by atoms with Crippen molar-refractivity contribution in [3.8, 4) is 6.07 Å². The van der Waals surface area contributed by atoms with Crippen molar-refractivity contribution in [1.29, 1.82) is 5.26 Å². The van der Waals surface area contributed by atoms with Crippen molar-refractivity contribution >= 4 is 44.7 Å². The summed E-state index contributed by atoms with van der Waals surface area (Å²) in [5.41, 5.74) is 3.42. The van der Waals surface area contributed by atoms with Gasteiger partial charge < -0.3 is 0 Å². The molecule has 0 heterocycles. The normalized spacial score (nSPS) is 10.8. The van der Waals surface area contributed by atoms with Crippen LogP contribution < -0.4 is 5.43 Å². The fourth-order valence-corrected chi connectivity index (χ4v) is 2.00. The molecule has 0 saturated heterocycles. The molecule has 0 aliphatic rings. The van der Waals surface area contributed by atoms with Gasteiger partial charge in [-0.05, 0) is 42.5 Å². The first kappa shape index (κ1) is 15.2. The Morgan fingerprint density at radius 2 is 1.95 bits per heavy atom. The third kappa shape index (κ3) is 4.15. The number of hydrogen-bond acceptors (Lipinski definition) is 4. The lowest BCUT2D eigenvalue weighted by Gasteiger charge is -2.02.